The van der Waals surface area contributed by atoms with Gasteiger partial charge in [-0.15, -0.1) is 0 Å². The molecule has 1 aliphatic heterocycles. The fourth-order valence-corrected chi connectivity index (χ4v) is 3.19. The molecule has 5 nitrogen and oxygen atoms in total. The van der Waals surface area contributed by atoms with Crippen molar-refractivity contribution in [3.63, 3.8) is 0 Å². The predicted molar refractivity (Wildman–Crippen MR) is 87.3 cm³/mol. The summed E-state index contributed by atoms with van der Waals surface area (Å²) in [7, 11) is 0. The van der Waals surface area contributed by atoms with Gasteiger partial charge in [0.2, 0.25) is 0 Å². The lowest BCUT2D eigenvalue weighted by Crippen LogP contribution is -2.60. The van der Waals surface area contributed by atoms with E-state index in [1.165, 1.54) is 12.1 Å². The Hall–Kier alpha value is -1.28. The SMILES string of the molecule is C[C@@H]1[C@@H](O)[C@H](O)[C@@H](O)CN1CCc1c(F)cc(OCC2CC2)cc1F. The normalized spacial score (nSPS) is 30.5. The highest BCUT2D eigenvalue weighted by atomic mass is 19.1. The summed E-state index contributed by atoms with van der Waals surface area (Å²) in [5.41, 5.74) is -0.0407. The number of halogens is 2. The molecular weight excluding hydrogens is 332 g/mol. The van der Waals surface area contributed by atoms with Crippen LogP contribution in [0.15, 0.2) is 12.1 Å². The van der Waals surface area contributed by atoms with Crippen LogP contribution in [0, 0.1) is 17.6 Å². The van der Waals surface area contributed by atoms with E-state index in [1.54, 1.807) is 11.8 Å². The van der Waals surface area contributed by atoms with Crippen molar-refractivity contribution in [1.29, 1.82) is 0 Å². The quantitative estimate of drug-likeness (QED) is 0.711. The Morgan fingerprint density at radius 2 is 1.76 bits per heavy atom. The summed E-state index contributed by atoms with van der Waals surface area (Å²) in [4.78, 5) is 1.72. The standard InChI is InChI=1S/C18H25F2NO4/c1-10-17(23)18(24)16(22)8-21(10)5-4-13-14(19)6-12(7-15(13)20)25-9-11-2-3-11/h6-7,10-11,16-18,22-24H,2-5,8-9H2,1H3/t10-,16+,17-,18-/m1/s1. The molecule has 0 bridgehead atoms. The van der Waals surface area contributed by atoms with Gasteiger partial charge < -0.3 is 20.1 Å². The van der Waals surface area contributed by atoms with E-state index in [2.05, 4.69) is 0 Å². The van der Waals surface area contributed by atoms with Gasteiger partial charge in [-0.25, -0.2) is 8.78 Å². The molecule has 3 rings (SSSR count). The van der Waals surface area contributed by atoms with Crippen molar-refractivity contribution in [2.75, 3.05) is 19.7 Å². The van der Waals surface area contributed by atoms with Gasteiger partial charge in [-0.05, 0) is 32.1 Å². The van der Waals surface area contributed by atoms with Gasteiger partial charge in [0.15, 0.2) is 0 Å². The third-order valence-electron chi connectivity index (χ3n) is 5.18. The number of hydrogen-bond donors (Lipinski definition) is 3. The molecule has 1 saturated heterocycles. The maximum atomic E-state index is 14.2. The number of piperidine rings is 1. The first-order valence-corrected chi connectivity index (χ1v) is 8.75. The zero-order valence-corrected chi connectivity index (χ0v) is 14.2. The third kappa shape index (κ3) is 4.28. The van der Waals surface area contributed by atoms with Crippen LogP contribution in [0.1, 0.15) is 25.3 Å². The highest BCUT2D eigenvalue weighted by Crippen LogP contribution is 2.30. The number of hydrogen-bond acceptors (Lipinski definition) is 5. The van der Waals surface area contributed by atoms with Gasteiger partial charge in [0.1, 0.15) is 23.5 Å². The van der Waals surface area contributed by atoms with Crippen LogP contribution < -0.4 is 4.74 Å². The molecule has 1 saturated carbocycles. The first kappa shape index (κ1) is 18.5. The molecule has 4 atom stereocenters. The average Bonchev–Trinajstić information content (AvgIpc) is 3.39. The number of aliphatic hydroxyl groups is 3. The molecular formula is C18H25F2NO4. The number of likely N-dealkylation sites (tertiary alicyclic amines) is 1. The van der Waals surface area contributed by atoms with Crippen LogP contribution in [0.25, 0.3) is 0 Å². The van der Waals surface area contributed by atoms with Gasteiger partial charge in [0.25, 0.3) is 0 Å². The Balaban J connectivity index is 1.62. The number of benzene rings is 1. The molecule has 2 aliphatic rings. The second-order valence-corrected chi connectivity index (χ2v) is 7.15. The zero-order valence-electron chi connectivity index (χ0n) is 14.2. The fraction of sp³-hybridized carbons (Fsp3) is 0.667. The van der Waals surface area contributed by atoms with E-state index < -0.39 is 36.0 Å². The minimum atomic E-state index is -1.21. The summed E-state index contributed by atoms with van der Waals surface area (Å²) in [6.07, 6.45) is -1.09. The topological polar surface area (TPSA) is 73.2 Å². The Labute approximate surface area is 145 Å². The monoisotopic (exact) mass is 357 g/mol. The molecule has 0 unspecified atom stereocenters. The molecule has 1 aliphatic carbocycles. The Morgan fingerprint density at radius 3 is 2.36 bits per heavy atom. The van der Waals surface area contributed by atoms with E-state index in [0.29, 0.717) is 12.5 Å². The molecule has 0 amide bonds. The molecule has 25 heavy (non-hydrogen) atoms. The average molecular weight is 357 g/mol. The van der Waals surface area contributed by atoms with Gasteiger partial charge >= 0.3 is 0 Å². The van der Waals surface area contributed by atoms with Crippen LogP contribution in [-0.2, 0) is 6.42 Å². The van der Waals surface area contributed by atoms with Gasteiger partial charge in [-0.2, -0.15) is 0 Å². The highest BCUT2D eigenvalue weighted by Gasteiger charge is 2.38. The number of ether oxygens (including phenoxy) is 1. The third-order valence-corrected chi connectivity index (χ3v) is 5.18. The predicted octanol–water partition coefficient (Wildman–Crippen LogP) is 1.08. The maximum Gasteiger partial charge on any atom is 0.133 e. The van der Waals surface area contributed by atoms with Crippen molar-refractivity contribution >= 4 is 0 Å². The van der Waals surface area contributed by atoms with Gasteiger partial charge in [0.05, 0.1) is 18.8 Å². The van der Waals surface area contributed by atoms with Gasteiger partial charge in [0, 0.05) is 36.8 Å². The van der Waals surface area contributed by atoms with E-state index in [9.17, 15) is 24.1 Å². The molecule has 0 spiro atoms. The van der Waals surface area contributed by atoms with E-state index in [4.69, 9.17) is 4.74 Å². The van der Waals surface area contributed by atoms with Crippen LogP contribution in [0.2, 0.25) is 0 Å². The molecule has 1 aromatic rings. The van der Waals surface area contributed by atoms with Crippen molar-refractivity contribution < 1.29 is 28.8 Å². The van der Waals surface area contributed by atoms with Crippen LogP contribution in [0.3, 0.4) is 0 Å². The van der Waals surface area contributed by atoms with Crippen molar-refractivity contribution in [1.82, 2.24) is 4.90 Å². The van der Waals surface area contributed by atoms with E-state index in [0.717, 1.165) is 12.8 Å². The Morgan fingerprint density at radius 1 is 1.12 bits per heavy atom. The van der Waals surface area contributed by atoms with E-state index in [-0.39, 0.29) is 30.8 Å². The molecule has 140 valence electrons. The summed E-state index contributed by atoms with van der Waals surface area (Å²) in [5.74, 6) is -0.612. The summed E-state index contributed by atoms with van der Waals surface area (Å²) >= 11 is 0. The first-order valence-electron chi connectivity index (χ1n) is 8.75. The minimum absolute atomic E-state index is 0.0407. The smallest absolute Gasteiger partial charge is 0.133 e. The number of β-amino-alcohol motifs (C(OH)–C–C–N with tert-alkyl or cyclic N) is 1. The second-order valence-electron chi connectivity index (χ2n) is 7.15. The van der Waals surface area contributed by atoms with Crippen molar-refractivity contribution in [2.45, 2.75) is 50.5 Å². The molecule has 3 N–H and O–H groups in total. The molecule has 1 heterocycles. The first-order chi connectivity index (χ1) is 11.9. The van der Waals surface area contributed by atoms with Gasteiger partial charge in [-0.1, -0.05) is 0 Å². The van der Waals surface area contributed by atoms with Crippen molar-refractivity contribution in [3.05, 3.63) is 29.3 Å². The van der Waals surface area contributed by atoms with Crippen LogP contribution in [0.5, 0.6) is 5.75 Å². The summed E-state index contributed by atoms with van der Waals surface area (Å²) in [6.45, 7) is 2.60. The summed E-state index contributed by atoms with van der Waals surface area (Å²) in [6, 6.07) is 1.99. The lowest BCUT2D eigenvalue weighted by Gasteiger charge is -2.42. The zero-order chi connectivity index (χ0) is 18.1. The van der Waals surface area contributed by atoms with Crippen molar-refractivity contribution in [2.24, 2.45) is 5.92 Å². The minimum Gasteiger partial charge on any atom is -0.493 e. The second kappa shape index (κ2) is 7.53. The lowest BCUT2D eigenvalue weighted by atomic mass is 9.94. The number of nitrogens with zero attached hydrogens (tertiary/aromatic N) is 1. The molecule has 0 aromatic heterocycles. The lowest BCUT2D eigenvalue weighted by molar-refractivity contribution is -0.132. The Kier molecular flexibility index (Phi) is 5.58. The number of rotatable bonds is 6. The highest BCUT2D eigenvalue weighted by molar-refractivity contribution is 5.31. The molecule has 2 fully saturated rings. The van der Waals surface area contributed by atoms with Crippen LogP contribution >= 0.6 is 0 Å². The van der Waals surface area contributed by atoms with Crippen LogP contribution in [0.4, 0.5) is 8.78 Å². The summed E-state index contributed by atoms with van der Waals surface area (Å²) < 4.78 is 33.9. The molecule has 7 heteroatoms. The molecule has 0 radical (unpaired) electrons. The van der Waals surface area contributed by atoms with Gasteiger partial charge in [-0.3, -0.25) is 4.90 Å². The summed E-state index contributed by atoms with van der Waals surface area (Å²) in [5, 5.41) is 29.4. The Bertz CT molecular complexity index is 588. The van der Waals surface area contributed by atoms with E-state index >= 15 is 0 Å². The van der Waals surface area contributed by atoms with Crippen molar-refractivity contribution in [3.8, 4) is 5.75 Å². The largest absolute Gasteiger partial charge is 0.493 e. The number of aliphatic hydroxyl groups excluding tert-OH is 3. The van der Waals surface area contributed by atoms with E-state index in [1.807, 2.05) is 0 Å². The van der Waals surface area contributed by atoms with Crippen LogP contribution in [-0.4, -0.2) is 64.3 Å². The maximum absolute atomic E-state index is 14.2. The fourth-order valence-electron chi connectivity index (χ4n) is 3.19. The molecule has 1 aromatic carbocycles.